The molecule has 0 spiro atoms. The maximum absolute atomic E-state index is 11.5. The molecular weight excluding hydrogens is 358 g/mol. The summed E-state index contributed by atoms with van der Waals surface area (Å²) in [4.78, 5) is 15.8. The van der Waals surface area contributed by atoms with E-state index in [0.29, 0.717) is 16.4 Å². The fourth-order valence-corrected chi connectivity index (χ4v) is 2.49. The summed E-state index contributed by atoms with van der Waals surface area (Å²) in [7, 11) is 0. The van der Waals surface area contributed by atoms with Crippen molar-refractivity contribution >= 4 is 50.7 Å². The van der Waals surface area contributed by atoms with Gasteiger partial charge in [0.05, 0.1) is 5.02 Å². The van der Waals surface area contributed by atoms with Crippen molar-refractivity contribution in [3.05, 3.63) is 57.8 Å². The fraction of sp³-hybridized carbons (Fsp3) is 0. The van der Waals surface area contributed by atoms with Crippen LogP contribution in [0.1, 0.15) is 10.5 Å². The molecule has 21 heavy (non-hydrogen) atoms. The van der Waals surface area contributed by atoms with Gasteiger partial charge in [-0.2, -0.15) is 0 Å². The first-order chi connectivity index (χ1) is 10.1. The summed E-state index contributed by atoms with van der Waals surface area (Å²) in [5.74, 6) is -0.771. The molecule has 0 radical (unpaired) electrons. The lowest BCUT2D eigenvalue weighted by molar-refractivity contribution is 0.0690. The summed E-state index contributed by atoms with van der Waals surface area (Å²) in [6, 6.07) is 10.5. The van der Waals surface area contributed by atoms with E-state index in [1.54, 1.807) is 42.6 Å². The standard InChI is InChI=1S/C14H9BrClN3O2/c15-9-7-8(4-5-10(9)16)17-13-12(14(20)21)19-6-2-1-3-11(19)18-13/h1-7,17H,(H,20,21). The molecule has 0 aliphatic heterocycles. The third-order valence-corrected chi connectivity index (χ3v) is 4.13. The molecular formula is C14H9BrClN3O2. The number of pyridine rings is 1. The number of fused-ring (bicyclic) bond motifs is 1. The number of aromatic nitrogens is 2. The zero-order valence-corrected chi connectivity index (χ0v) is 12.9. The fourth-order valence-electron chi connectivity index (χ4n) is 2.00. The molecule has 0 aliphatic carbocycles. The van der Waals surface area contributed by atoms with Gasteiger partial charge in [0.25, 0.3) is 0 Å². The molecule has 0 saturated heterocycles. The summed E-state index contributed by atoms with van der Waals surface area (Å²) >= 11 is 9.27. The van der Waals surface area contributed by atoms with Crippen LogP contribution in [0, 0.1) is 0 Å². The van der Waals surface area contributed by atoms with Gasteiger partial charge in [0.1, 0.15) is 5.65 Å². The largest absolute Gasteiger partial charge is 0.476 e. The summed E-state index contributed by atoms with van der Waals surface area (Å²) < 4.78 is 2.24. The summed E-state index contributed by atoms with van der Waals surface area (Å²) in [6.45, 7) is 0. The van der Waals surface area contributed by atoms with Gasteiger partial charge in [0.15, 0.2) is 11.5 Å². The molecule has 0 aliphatic rings. The van der Waals surface area contributed by atoms with E-state index in [-0.39, 0.29) is 11.5 Å². The molecule has 0 atom stereocenters. The number of carbonyl (C=O) groups is 1. The van der Waals surface area contributed by atoms with E-state index < -0.39 is 5.97 Å². The van der Waals surface area contributed by atoms with Crippen molar-refractivity contribution < 1.29 is 9.90 Å². The first-order valence-electron chi connectivity index (χ1n) is 5.99. The summed E-state index contributed by atoms with van der Waals surface area (Å²) in [6.07, 6.45) is 1.66. The average molecular weight is 367 g/mol. The van der Waals surface area contributed by atoms with Crippen LogP contribution in [0.3, 0.4) is 0 Å². The van der Waals surface area contributed by atoms with Crippen molar-refractivity contribution in [3.8, 4) is 0 Å². The Labute approximate surface area is 133 Å². The van der Waals surface area contributed by atoms with E-state index in [2.05, 4.69) is 26.2 Å². The second-order valence-corrected chi connectivity index (χ2v) is 5.56. The number of anilines is 2. The molecule has 2 N–H and O–H groups in total. The van der Waals surface area contributed by atoms with Gasteiger partial charge in [-0.3, -0.25) is 4.40 Å². The molecule has 2 aromatic heterocycles. The lowest BCUT2D eigenvalue weighted by atomic mass is 10.3. The predicted molar refractivity (Wildman–Crippen MR) is 84.6 cm³/mol. The molecule has 1 aromatic carbocycles. The minimum atomic E-state index is -1.05. The quantitative estimate of drug-likeness (QED) is 0.729. The molecule has 2 heterocycles. The van der Waals surface area contributed by atoms with Crippen LogP contribution in [0.4, 0.5) is 11.5 Å². The Kier molecular flexibility index (Phi) is 3.57. The molecule has 3 aromatic rings. The number of aromatic carboxylic acids is 1. The Morgan fingerprint density at radius 3 is 2.86 bits per heavy atom. The Balaban J connectivity index is 2.09. The van der Waals surface area contributed by atoms with Crippen molar-refractivity contribution in [1.82, 2.24) is 9.38 Å². The van der Waals surface area contributed by atoms with Crippen molar-refractivity contribution in [1.29, 1.82) is 0 Å². The number of rotatable bonds is 3. The van der Waals surface area contributed by atoms with Gasteiger partial charge in [-0.1, -0.05) is 17.7 Å². The van der Waals surface area contributed by atoms with Crippen molar-refractivity contribution in [2.45, 2.75) is 0 Å². The molecule has 0 unspecified atom stereocenters. The zero-order valence-electron chi connectivity index (χ0n) is 10.5. The Morgan fingerprint density at radius 2 is 2.14 bits per heavy atom. The highest BCUT2D eigenvalue weighted by Crippen LogP contribution is 2.28. The minimum Gasteiger partial charge on any atom is -0.476 e. The van der Waals surface area contributed by atoms with E-state index in [1.807, 2.05) is 0 Å². The van der Waals surface area contributed by atoms with Gasteiger partial charge >= 0.3 is 5.97 Å². The van der Waals surface area contributed by atoms with Gasteiger partial charge in [-0.05, 0) is 46.3 Å². The van der Waals surface area contributed by atoms with Crippen molar-refractivity contribution in [2.24, 2.45) is 0 Å². The number of hydrogen-bond acceptors (Lipinski definition) is 3. The molecule has 106 valence electrons. The highest BCUT2D eigenvalue weighted by molar-refractivity contribution is 9.10. The van der Waals surface area contributed by atoms with Crippen molar-refractivity contribution in [3.63, 3.8) is 0 Å². The molecule has 3 rings (SSSR count). The maximum Gasteiger partial charge on any atom is 0.356 e. The van der Waals surface area contributed by atoms with E-state index in [9.17, 15) is 9.90 Å². The second kappa shape index (κ2) is 5.38. The van der Waals surface area contributed by atoms with E-state index in [1.165, 1.54) is 4.40 Å². The van der Waals surface area contributed by atoms with Gasteiger partial charge < -0.3 is 10.4 Å². The van der Waals surface area contributed by atoms with Gasteiger partial charge in [-0.25, -0.2) is 9.78 Å². The van der Waals surface area contributed by atoms with Gasteiger partial charge in [0, 0.05) is 16.4 Å². The third-order valence-electron chi connectivity index (χ3n) is 2.91. The molecule has 7 heteroatoms. The Bertz CT molecular complexity index is 847. The van der Waals surface area contributed by atoms with E-state index in [4.69, 9.17) is 11.6 Å². The van der Waals surface area contributed by atoms with E-state index in [0.717, 1.165) is 4.47 Å². The SMILES string of the molecule is O=C(O)c1c(Nc2ccc(Cl)c(Br)c2)nc2ccccn12. The number of nitrogens with zero attached hydrogens (tertiary/aromatic N) is 2. The lowest BCUT2D eigenvalue weighted by Crippen LogP contribution is -2.05. The Hall–Kier alpha value is -2.05. The summed E-state index contributed by atoms with van der Waals surface area (Å²) in [5.41, 5.74) is 1.33. The first kappa shape index (κ1) is 13.9. The topological polar surface area (TPSA) is 66.6 Å². The van der Waals surface area contributed by atoms with Crippen LogP contribution >= 0.6 is 27.5 Å². The molecule has 0 fully saturated rings. The first-order valence-corrected chi connectivity index (χ1v) is 7.16. The monoisotopic (exact) mass is 365 g/mol. The molecule has 5 nitrogen and oxygen atoms in total. The highest BCUT2D eigenvalue weighted by Gasteiger charge is 2.18. The molecule has 0 saturated carbocycles. The zero-order chi connectivity index (χ0) is 15.0. The number of imidazole rings is 1. The van der Waals surface area contributed by atoms with Crippen molar-refractivity contribution in [2.75, 3.05) is 5.32 Å². The maximum atomic E-state index is 11.5. The van der Waals surface area contributed by atoms with Crippen LogP contribution in [-0.2, 0) is 0 Å². The lowest BCUT2D eigenvalue weighted by Gasteiger charge is -2.06. The van der Waals surface area contributed by atoms with Crippen LogP contribution in [0.5, 0.6) is 0 Å². The smallest absolute Gasteiger partial charge is 0.356 e. The third kappa shape index (κ3) is 2.59. The van der Waals surface area contributed by atoms with E-state index >= 15 is 0 Å². The number of halogens is 2. The van der Waals surface area contributed by atoms with Crippen LogP contribution in [-0.4, -0.2) is 20.5 Å². The molecule has 0 amide bonds. The number of carboxylic acids is 1. The highest BCUT2D eigenvalue weighted by atomic mass is 79.9. The number of hydrogen-bond donors (Lipinski definition) is 2. The predicted octanol–water partition coefficient (Wildman–Crippen LogP) is 4.19. The minimum absolute atomic E-state index is 0.0803. The van der Waals surface area contributed by atoms with Gasteiger partial charge in [0.2, 0.25) is 0 Å². The normalized spacial score (nSPS) is 10.8. The number of carboxylic acid groups (broad SMARTS) is 1. The second-order valence-electron chi connectivity index (χ2n) is 4.30. The van der Waals surface area contributed by atoms with Crippen LogP contribution in [0.15, 0.2) is 47.1 Å². The number of nitrogens with one attached hydrogen (secondary N) is 1. The summed E-state index contributed by atoms with van der Waals surface area (Å²) in [5, 5.41) is 13.0. The number of benzene rings is 1. The van der Waals surface area contributed by atoms with Crippen LogP contribution in [0.25, 0.3) is 5.65 Å². The average Bonchev–Trinajstić information content (AvgIpc) is 2.80. The molecule has 0 bridgehead atoms. The Morgan fingerprint density at radius 1 is 1.33 bits per heavy atom. The van der Waals surface area contributed by atoms with Crippen LogP contribution in [0.2, 0.25) is 5.02 Å². The van der Waals surface area contributed by atoms with Crippen LogP contribution < -0.4 is 5.32 Å². The van der Waals surface area contributed by atoms with Gasteiger partial charge in [-0.15, -0.1) is 0 Å².